The van der Waals surface area contributed by atoms with Crippen molar-refractivity contribution in [2.45, 2.75) is 26.2 Å². The molecule has 0 unspecified atom stereocenters. The maximum absolute atomic E-state index is 13.6. The van der Waals surface area contributed by atoms with Gasteiger partial charge in [-0.3, -0.25) is 0 Å². The lowest BCUT2D eigenvalue weighted by Gasteiger charge is -2.34. The van der Waals surface area contributed by atoms with E-state index in [9.17, 15) is 12.8 Å². The Labute approximate surface area is 133 Å². The molecule has 0 bridgehead atoms. The van der Waals surface area contributed by atoms with Crippen molar-refractivity contribution in [2.75, 3.05) is 38.5 Å². The van der Waals surface area contributed by atoms with E-state index in [4.69, 9.17) is 0 Å². The quantitative estimate of drug-likeness (QED) is 0.770. The third kappa shape index (κ3) is 4.76. The zero-order valence-corrected chi connectivity index (χ0v) is 14.0. The van der Waals surface area contributed by atoms with Crippen molar-refractivity contribution >= 4 is 10.0 Å². The molecule has 1 aliphatic rings. The van der Waals surface area contributed by atoms with Gasteiger partial charge in [0.15, 0.2) is 0 Å². The predicted molar refractivity (Wildman–Crippen MR) is 86.8 cm³/mol. The van der Waals surface area contributed by atoms with Crippen LogP contribution in [-0.2, 0) is 16.4 Å². The van der Waals surface area contributed by atoms with Crippen LogP contribution in [0.3, 0.4) is 0 Å². The predicted octanol–water partition coefficient (Wildman–Crippen LogP) is 2.12. The van der Waals surface area contributed by atoms with Gasteiger partial charge in [-0.1, -0.05) is 31.5 Å². The molecule has 22 heavy (non-hydrogen) atoms. The highest BCUT2D eigenvalue weighted by Gasteiger charge is 2.26. The lowest BCUT2D eigenvalue weighted by Crippen LogP contribution is -2.49. The smallest absolute Gasteiger partial charge is 0.214 e. The molecule has 0 amide bonds. The summed E-state index contributed by atoms with van der Waals surface area (Å²) in [6.45, 7) is 5.30. The zero-order valence-electron chi connectivity index (χ0n) is 13.2. The Morgan fingerprint density at radius 1 is 1.14 bits per heavy atom. The molecule has 1 fully saturated rings. The molecular weight excluding hydrogens is 303 g/mol. The first kappa shape index (κ1) is 17.4. The van der Waals surface area contributed by atoms with E-state index < -0.39 is 10.0 Å². The van der Waals surface area contributed by atoms with Gasteiger partial charge in [0.2, 0.25) is 10.0 Å². The van der Waals surface area contributed by atoms with Crippen molar-refractivity contribution in [2.24, 2.45) is 0 Å². The summed E-state index contributed by atoms with van der Waals surface area (Å²) in [7, 11) is -3.10. The maximum Gasteiger partial charge on any atom is 0.214 e. The second-order valence-corrected chi connectivity index (χ2v) is 7.84. The lowest BCUT2D eigenvalue weighted by molar-refractivity contribution is 0.189. The van der Waals surface area contributed by atoms with Crippen molar-refractivity contribution in [1.29, 1.82) is 0 Å². The second-order valence-electron chi connectivity index (χ2n) is 5.75. The minimum Gasteiger partial charge on any atom is -0.300 e. The summed E-state index contributed by atoms with van der Waals surface area (Å²) in [6, 6.07) is 6.82. The van der Waals surface area contributed by atoms with E-state index in [-0.39, 0.29) is 11.6 Å². The summed E-state index contributed by atoms with van der Waals surface area (Å²) in [5.41, 5.74) is 0.723. The van der Waals surface area contributed by atoms with Crippen LogP contribution in [0.4, 0.5) is 4.39 Å². The standard InChI is InChI=1S/C16H25FN2O2S/c1-2-3-14-22(20,21)19-12-10-18(11-13-19)9-8-15-6-4-5-7-16(15)17/h4-7H,2-3,8-14H2,1H3. The normalized spacial score (nSPS) is 17.7. The number of halogens is 1. The molecule has 0 saturated carbocycles. The molecule has 0 atom stereocenters. The number of nitrogens with zero attached hydrogens (tertiary/aromatic N) is 2. The van der Waals surface area contributed by atoms with E-state index in [1.54, 1.807) is 16.4 Å². The largest absolute Gasteiger partial charge is 0.300 e. The number of rotatable bonds is 7. The van der Waals surface area contributed by atoms with Gasteiger partial charge in [-0.25, -0.2) is 12.8 Å². The minimum atomic E-state index is -3.10. The van der Waals surface area contributed by atoms with Crippen molar-refractivity contribution in [3.8, 4) is 0 Å². The highest BCUT2D eigenvalue weighted by Crippen LogP contribution is 2.12. The molecule has 0 radical (unpaired) electrons. The van der Waals surface area contributed by atoms with Gasteiger partial charge >= 0.3 is 0 Å². The van der Waals surface area contributed by atoms with Gasteiger partial charge in [0, 0.05) is 32.7 Å². The van der Waals surface area contributed by atoms with Crippen molar-refractivity contribution in [1.82, 2.24) is 9.21 Å². The monoisotopic (exact) mass is 328 g/mol. The van der Waals surface area contributed by atoms with Crippen LogP contribution < -0.4 is 0 Å². The van der Waals surface area contributed by atoms with Crippen LogP contribution in [0.25, 0.3) is 0 Å². The molecule has 2 rings (SSSR count). The highest BCUT2D eigenvalue weighted by molar-refractivity contribution is 7.89. The molecule has 1 saturated heterocycles. The molecule has 1 aromatic rings. The topological polar surface area (TPSA) is 40.6 Å². The van der Waals surface area contributed by atoms with Gasteiger partial charge in [-0.15, -0.1) is 0 Å². The Morgan fingerprint density at radius 3 is 2.45 bits per heavy atom. The van der Waals surface area contributed by atoms with E-state index in [1.165, 1.54) is 6.07 Å². The summed E-state index contributed by atoms with van der Waals surface area (Å²) in [6.07, 6.45) is 2.27. The van der Waals surface area contributed by atoms with Crippen LogP contribution in [0.15, 0.2) is 24.3 Å². The molecular formula is C16H25FN2O2S. The molecule has 0 spiro atoms. The van der Waals surface area contributed by atoms with Crippen LogP contribution in [0.2, 0.25) is 0 Å². The van der Waals surface area contributed by atoms with Gasteiger partial charge in [0.25, 0.3) is 0 Å². The fourth-order valence-electron chi connectivity index (χ4n) is 2.67. The van der Waals surface area contributed by atoms with Gasteiger partial charge in [-0.05, 0) is 24.5 Å². The first-order valence-corrected chi connectivity index (χ1v) is 9.57. The van der Waals surface area contributed by atoms with Crippen LogP contribution in [-0.4, -0.2) is 56.1 Å². The summed E-state index contributed by atoms with van der Waals surface area (Å²) in [5.74, 6) is 0.0851. The third-order valence-electron chi connectivity index (χ3n) is 4.14. The maximum atomic E-state index is 13.6. The highest BCUT2D eigenvalue weighted by atomic mass is 32.2. The van der Waals surface area contributed by atoms with Gasteiger partial charge in [0.05, 0.1) is 5.75 Å². The Kier molecular flexibility index (Phi) is 6.35. The Hall–Kier alpha value is -0.980. The minimum absolute atomic E-state index is 0.164. The van der Waals surface area contributed by atoms with Crippen LogP contribution in [0.1, 0.15) is 25.3 Å². The number of unbranched alkanes of at least 4 members (excludes halogenated alkanes) is 1. The van der Waals surface area contributed by atoms with Gasteiger partial charge in [-0.2, -0.15) is 4.31 Å². The lowest BCUT2D eigenvalue weighted by atomic mass is 10.1. The second kappa shape index (κ2) is 8.04. The van der Waals surface area contributed by atoms with E-state index >= 15 is 0 Å². The summed E-state index contributed by atoms with van der Waals surface area (Å²) in [5, 5.41) is 0. The number of hydrogen-bond acceptors (Lipinski definition) is 3. The SMILES string of the molecule is CCCCS(=O)(=O)N1CCN(CCc2ccccc2F)CC1. The summed E-state index contributed by atoms with van der Waals surface area (Å²) >= 11 is 0. The van der Waals surface area contributed by atoms with Crippen LogP contribution in [0.5, 0.6) is 0 Å². The van der Waals surface area contributed by atoms with Crippen molar-refractivity contribution < 1.29 is 12.8 Å². The molecule has 124 valence electrons. The Morgan fingerprint density at radius 2 is 1.82 bits per heavy atom. The first-order chi connectivity index (χ1) is 10.5. The molecule has 1 aromatic carbocycles. The fraction of sp³-hybridized carbons (Fsp3) is 0.625. The number of sulfonamides is 1. The van der Waals surface area contributed by atoms with Crippen LogP contribution in [0, 0.1) is 5.82 Å². The van der Waals surface area contributed by atoms with E-state index in [2.05, 4.69) is 4.90 Å². The van der Waals surface area contributed by atoms with Gasteiger partial charge in [0.1, 0.15) is 5.82 Å². The number of benzene rings is 1. The van der Waals surface area contributed by atoms with E-state index in [0.29, 0.717) is 19.5 Å². The molecule has 4 nitrogen and oxygen atoms in total. The Bertz CT molecular complexity index is 569. The molecule has 0 aromatic heterocycles. The average Bonchev–Trinajstić information content (AvgIpc) is 2.53. The van der Waals surface area contributed by atoms with E-state index in [1.807, 2.05) is 13.0 Å². The summed E-state index contributed by atoms with van der Waals surface area (Å²) in [4.78, 5) is 2.21. The van der Waals surface area contributed by atoms with Crippen molar-refractivity contribution in [3.63, 3.8) is 0 Å². The molecule has 0 N–H and O–H groups in total. The number of piperazine rings is 1. The van der Waals surface area contributed by atoms with Crippen LogP contribution >= 0.6 is 0 Å². The molecule has 1 heterocycles. The van der Waals surface area contributed by atoms with E-state index in [0.717, 1.165) is 38.0 Å². The Balaban J connectivity index is 1.79. The third-order valence-corrected chi connectivity index (χ3v) is 6.09. The van der Waals surface area contributed by atoms with Gasteiger partial charge < -0.3 is 4.90 Å². The average molecular weight is 328 g/mol. The molecule has 1 aliphatic heterocycles. The van der Waals surface area contributed by atoms with Crippen molar-refractivity contribution in [3.05, 3.63) is 35.6 Å². The zero-order chi connectivity index (χ0) is 16.0. The fourth-order valence-corrected chi connectivity index (χ4v) is 4.30. The molecule has 0 aliphatic carbocycles. The molecule has 6 heteroatoms. The first-order valence-electron chi connectivity index (χ1n) is 7.96. The number of hydrogen-bond donors (Lipinski definition) is 0. The summed E-state index contributed by atoms with van der Waals surface area (Å²) < 4.78 is 39.4.